The molecular formula is C25H16N2O. The number of benzene rings is 3. The summed E-state index contributed by atoms with van der Waals surface area (Å²) in [6, 6.07) is 31.1. The number of hydrogen-bond donors (Lipinski definition) is 0. The predicted molar refractivity (Wildman–Crippen MR) is 112 cm³/mol. The van der Waals surface area contributed by atoms with E-state index in [9.17, 15) is 4.79 Å². The highest BCUT2D eigenvalue weighted by Crippen LogP contribution is 2.26. The predicted octanol–water partition coefficient (Wildman–Crippen LogP) is 5.68. The number of pyridine rings is 2. The molecule has 5 aromatic rings. The second-order valence-electron chi connectivity index (χ2n) is 6.66. The summed E-state index contributed by atoms with van der Waals surface area (Å²) in [5, 5.41) is 1.97. The third-order valence-electron chi connectivity index (χ3n) is 4.86. The average molecular weight is 360 g/mol. The number of hydrogen-bond acceptors (Lipinski definition) is 3. The molecule has 0 amide bonds. The minimum absolute atomic E-state index is 0.0845. The number of fused-ring (bicyclic) bond motifs is 3. The third kappa shape index (κ3) is 2.83. The van der Waals surface area contributed by atoms with Crippen molar-refractivity contribution < 1.29 is 4.79 Å². The van der Waals surface area contributed by atoms with Gasteiger partial charge in [0.05, 0.1) is 16.7 Å². The Kier molecular flexibility index (Phi) is 3.91. The molecule has 0 aliphatic rings. The number of rotatable bonds is 3. The van der Waals surface area contributed by atoms with Crippen LogP contribution in [0.15, 0.2) is 97.1 Å². The topological polar surface area (TPSA) is 42.9 Å². The summed E-state index contributed by atoms with van der Waals surface area (Å²) in [5.74, 6) is -0.0845. The molecule has 0 N–H and O–H groups in total. The van der Waals surface area contributed by atoms with E-state index >= 15 is 0 Å². The standard InChI is InChI=1S/C25H16N2O/c28-25(20-9-5-2-6-10-20)22-16-14-19-12-11-18-13-15-21(17-7-3-1-4-8-17)26-23(18)24(19)27-22/h1-16H. The minimum Gasteiger partial charge on any atom is -0.287 e. The Morgan fingerprint density at radius 2 is 1.14 bits per heavy atom. The van der Waals surface area contributed by atoms with Gasteiger partial charge >= 0.3 is 0 Å². The molecular weight excluding hydrogens is 344 g/mol. The monoisotopic (exact) mass is 360 g/mol. The summed E-state index contributed by atoms with van der Waals surface area (Å²) in [7, 11) is 0. The van der Waals surface area contributed by atoms with Crippen LogP contribution in [0.25, 0.3) is 33.1 Å². The van der Waals surface area contributed by atoms with Crippen LogP contribution >= 0.6 is 0 Å². The molecule has 0 fully saturated rings. The van der Waals surface area contributed by atoms with E-state index in [0.717, 1.165) is 33.1 Å². The fraction of sp³-hybridized carbons (Fsp3) is 0. The van der Waals surface area contributed by atoms with Gasteiger partial charge in [0.25, 0.3) is 0 Å². The largest absolute Gasteiger partial charge is 0.287 e. The molecule has 132 valence electrons. The summed E-state index contributed by atoms with van der Waals surface area (Å²) in [6.45, 7) is 0. The van der Waals surface area contributed by atoms with Crippen LogP contribution in [0.2, 0.25) is 0 Å². The van der Waals surface area contributed by atoms with Crippen LogP contribution in [0.4, 0.5) is 0 Å². The Bertz CT molecular complexity index is 1310. The van der Waals surface area contributed by atoms with Gasteiger partial charge in [-0.05, 0) is 12.1 Å². The van der Waals surface area contributed by atoms with E-state index in [2.05, 4.69) is 6.07 Å². The van der Waals surface area contributed by atoms with Gasteiger partial charge in [-0.1, -0.05) is 84.9 Å². The molecule has 0 bridgehead atoms. The van der Waals surface area contributed by atoms with Gasteiger partial charge < -0.3 is 0 Å². The third-order valence-corrected chi connectivity index (χ3v) is 4.86. The molecule has 5 rings (SSSR count). The zero-order valence-corrected chi connectivity index (χ0v) is 15.0. The smallest absolute Gasteiger partial charge is 0.211 e. The molecule has 0 radical (unpaired) electrons. The van der Waals surface area contributed by atoms with Gasteiger partial charge in [-0.2, -0.15) is 0 Å². The van der Waals surface area contributed by atoms with E-state index in [0.29, 0.717) is 11.3 Å². The van der Waals surface area contributed by atoms with E-state index in [1.807, 2.05) is 84.9 Å². The fourth-order valence-electron chi connectivity index (χ4n) is 3.40. The maximum atomic E-state index is 12.8. The molecule has 2 heterocycles. The van der Waals surface area contributed by atoms with Gasteiger partial charge in [0.1, 0.15) is 5.69 Å². The molecule has 0 atom stereocenters. The van der Waals surface area contributed by atoms with Crippen molar-refractivity contribution in [3.63, 3.8) is 0 Å². The van der Waals surface area contributed by atoms with E-state index in [1.54, 1.807) is 6.07 Å². The molecule has 0 aliphatic carbocycles. The van der Waals surface area contributed by atoms with E-state index in [4.69, 9.17) is 9.97 Å². The number of carbonyl (C=O) groups excluding carboxylic acids is 1. The molecule has 0 spiro atoms. The van der Waals surface area contributed by atoms with Crippen molar-refractivity contribution >= 4 is 27.6 Å². The zero-order chi connectivity index (χ0) is 18.9. The Labute approximate surface area is 162 Å². The molecule has 2 aromatic heterocycles. The lowest BCUT2D eigenvalue weighted by atomic mass is 10.0. The number of carbonyl (C=O) groups is 1. The first-order valence-electron chi connectivity index (χ1n) is 9.15. The molecule has 28 heavy (non-hydrogen) atoms. The van der Waals surface area contributed by atoms with Crippen molar-refractivity contribution in [1.82, 2.24) is 9.97 Å². The summed E-state index contributed by atoms with van der Waals surface area (Å²) in [6.07, 6.45) is 0. The highest BCUT2D eigenvalue weighted by atomic mass is 16.1. The van der Waals surface area contributed by atoms with Gasteiger partial charge in [-0.15, -0.1) is 0 Å². The second kappa shape index (κ2) is 6.71. The van der Waals surface area contributed by atoms with Crippen LogP contribution in [0.5, 0.6) is 0 Å². The maximum absolute atomic E-state index is 12.8. The normalized spacial score (nSPS) is 11.0. The first-order chi connectivity index (χ1) is 13.8. The molecule has 0 saturated heterocycles. The maximum Gasteiger partial charge on any atom is 0.211 e. The Morgan fingerprint density at radius 3 is 1.86 bits per heavy atom. The number of nitrogens with zero attached hydrogens (tertiary/aromatic N) is 2. The minimum atomic E-state index is -0.0845. The summed E-state index contributed by atoms with van der Waals surface area (Å²) in [5.41, 5.74) is 4.56. The molecule has 3 heteroatoms. The van der Waals surface area contributed by atoms with Gasteiger partial charge in [0, 0.05) is 21.9 Å². The molecule has 0 saturated carbocycles. The zero-order valence-electron chi connectivity index (χ0n) is 15.0. The van der Waals surface area contributed by atoms with Gasteiger partial charge in [0.15, 0.2) is 0 Å². The highest BCUT2D eigenvalue weighted by molar-refractivity contribution is 6.10. The van der Waals surface area contributed by atoms with Gasteiger partial charge in [-0.25, -0.2) is 9.97 Å². The van der Waals surface area contributed by atoms with Crippen molar-refractivity contribution in [3.8, 4) is 11.3 Å². The summed E-state index contributed by atoms with van der Waals surface area (Å²) in [4.78, 5) is 22.4. The van der Waals surface area contributed by atoms with E-state index < -0.39 is 0 Å². The lowest BCUT2D eigenvalue weighted by Gasteiger charge is -2.07. The van der Waals surface area contributed by atoms with Crippen LogP contribution in [-0.4, -0.2) is 15.8 Å². The van der Waals surface area contributed by atoms with Gasteiger partial charge in [-0.3, -0.25) is 4.79 Å². The molecule has 0 unspecified atom stereocenters. The van der Waals surface area contributed by atoms with E-state index in [1.165, 1.54) is 0 Å². The SMILES string of the molecule is O=C(c1ccccc1)c1ccc2ccc3ccc(-c4ccccc4)nc3c2n1. The number of aromatic nitrogens is 2. The summed E-state index contributed by atoms with van der Waals surface area (Å²) >= 11 is 0. The van der Waals surface area contributed by atoms with Crippen LogP contribution < -0.4 is 0 Å². The van der Waals surface area contributed by atoms with Crippen molar-refractivity contribution in [3.05, 3.63) is 108 Å². The first kappa shape index (κ1) is 16.3. The highest BCUT2D eigenvalue weighted by Gasteiger charge is 2.13. The number of ketones is 1. The van der Waals surface area contributed by atoms with Gasteiger partial charge in [0.2, 0.25) is 5.78 Å². The Hall–Kier alpha value is -3.85. The lowest BCUT2D eigenvalue weighted by molar-refractivity contribution is 0.103. The van der Waals surface area contributed by atoms with E-state index in [-0.39, 0.29) is 5.78 Å². The Balaban J connectivity index is 1.70. The summed E-state index contributed by atoms with van der Waals surface area (Å²) < 4.78 is 0. The lowest BCUT2D eigenvalue weighted by Crippen LogP contribution is -2.04. The van der Waals surface area contributed by atoms with Crippen molar-refractivity contribution in [2.24, 2.45) is 0 Å². The van der Waals surface area contributed by atoms with Crippen LogP contribution in [0, 0.1) is 0 Å². The molecule has 3 aromatic carbocycles. The van der Waals surface area contributed by atoms with Crippen LogP contribution in [0.3, 0.4) is 0 Å². The molecule has 3 nitrogen and oxygen atoms in total. The first-order valence-corrected chi connectivity index (χ1v) is 9.15. The van der Waals surface area contributed by atoms with Crippen molar-refractivity contribution in [1.29, 1.82) is 0 Å². The van der Waals surface area contributed by atoms with Crippen LogP contribution in [-0.2, 0) is 0 Å². The Morgan fingerprint density at radius 1 is 0.571 bits per heavy atom. The van der Waals surface area contributed by atoms with Crippen molar-refractivity contribution in [2.75, 3.05) is 0 Å². The quantitative estimate of drug-likeness (QED) is 0.307. The average Bonchev–Trinajstić information content (AvgIpc) is 2.79. The second-order valence-corrected chi connectivity index (χ2v) is 6.66. The fourth-order valence-corrected chi connectivity index (χ4v) is 3.40. The van der Waals surface area contributed by atoms with Crippen molar-refractivity contribution in [2.45, 2.75) is 0 Å². The molecule has 0 aliphatic heterocycles. The van der Waals surface area contributed by atoms with Crippen LogP contribution in [0.1, 0.15) is 16.1 Å².